The van der Waals surface area contributed by atoms with Crippen molar-refractivity contribution in [2.75, 3.05) is 32.3 Å². The van der Waals surface area contributed by atoms with Gasteiger partial charge >= 0.3 is 5.97 Å². The predicted octanol–water partition coefficient (Wildman–Crippen LogP) is 7.35. The summed E-state index contributed by atoms with van der Waals surface area (Å²) < 4.78 is 17.0. The molecule has 0 bridgehead atoms. The highest BCUT2D eigenvalue weighted by Crippen LogP contribution is 2.30. The van der Waals surface area contributed by atoms with Crippen LogP contribution in [0.25, 0.3) is 16.8 Å². The van der Waals surface area contributed by atoms with Gasteiger partial charge in [-0.2, -0.15) is 0 Å². The Hall–Kier alpha value is -4.45. The van der Waals surface area contributed by atoms with E-state index in [9.17, 15) is 9.90 Å². The summed E-state index contributed by atoms with van der Waals surface area (Å²) in [5, 5.41) is 11.8. The predicted molar refractivity (Wildman–Crippen MR) is 161 cm³/mol. The number of aliphatic carboxylic acids is 1. The molecule has 4 aromatic carbocycles. The van der Waals surface area contributed by atoms with Crippen molar-refractivity contribution < 1.29 is 24.1 Å². The molecule has 6 heteroatoms. The Morgan fingerprint density at radius 3 is 2.40 bits per heavy atom. The van der Waals surface area contributed by atoms with E-state index in [1.54, 1.807) is 12.1 Å². The largest absolute Gasteiger partial charge is 0.490 e. The Kier molecular flexibility index (Phi) is 10.1. The molecule has 4 rings (SSSR count). The molecule has 0 saturated heterocycles. The minimum absolute atomic E-state index is 0.139. The zero-order chi connectivity index (χ0) is 28.3. The first-order chi connectivity index (χ1) is 19.5. The molecule has 0 heterocycles. The number of unbranched alkanes of at least 4 members (excludes halogenated alkanes) is 1. The van der Waals surface area contributed by atoms with Gasteiger partial charge in [0.2, 0.25) is 5.76 Å². The standard InChI is InChI=1S/C34H37NO5/c1-4-5-20-39-32-22-26(23-33(38-3)34(36)37)15-18-31(32)40-21-19-25-13-16-29(17-14-25)35(2)24-28-11-8-10-27-9-6-7-12-30(27)28/h6-18,22-23H,4-5,19-21,24H2,1-3H3,(H,36,37). The number of rotatable bonds is 14. The normalized spacial score (nSPS) is 11.3. The first-order valence-corrected chi connectivity index (χ1v) is 13.6. The molecule has 0 aliphatic rings. The lowest BCUT2D eigenvalue weighted by Crippen LogP contribution is -2.16. The molecule has 0 aromatic heterocycles. The average Bonchev–Trinajstić information content (AvgIpc) is 2.97. The van der Waals surface area contributed by atoms with Gasteiger partial charge in [-0.05, 0) is 64.2 Å². The summed E-state index contributed by atoms with van der Waals surface area (Å²) >= 11 is 0. The molecule has 4 aromatic rings. The van der Waals surface area contributed by atoms with Crippen molar-refractivity contribution in [1.82, 2.24) is 0 Å². The van der Waals surface area contributed by atoms with Crippen LogP contribution in [0.15, 0.2) is 90.7 Å². The van der Waals surface area contributed by atoms with Gasteiger partial charge in [-0.1, -0.05) is 74.0 Å². The van der Waals surface area contributed by atoms with Gasteiger partial charge in [-0.3, -0.25) is 0 Å². The van der Waals surface area contributed by atoms with E-state index in [0.29, 0.717) is 30.3 Å². The summed E-state index contributed by atoms with van der Waals surface area (Å²) in [4.78, 5) is 13.6. The fraction of sp³-hybridized carbons (Fsp3) is 0.265. The molecule has 40 heavy (non-hydrogen) atoms. The lowest BCUT2D eigenvalue weighted by atomic mass is 10.0. The van der Waals surface area contributed by atoms with Gasteiger partial charge in [0.1, 0.15) is 0 Å². The number of carboxylic acids is 1. The first kappa shape index (κ1) is 28.6. The van der Waals surface area contributed by atoms with Crippen molar-refractivity contribution in [3.63, 3.8) is 0 Å². The Morgan fingerprint density at radius 1 is 0.900 bits per heavy atom. The maximum Gasteiger partial charge on any atom is 0.371 e. The van der Waals surface area contributed by atoms with Crippen molar-refractivity contribution in [3.05, 3.63) is 107 Å². The van der Waals surface area contributed by atoms with Gasteiger partial charge in [-0.25, -0.2) is 4.79 Å². The molecule has 0 saturated carbocycles. The smallest absolute Gasteiger partial charge is 0.371 e. The van der Waals surface area contributed by atoms with Crippen LogP contribution in [-0.4, -0.2) is 38.4 Å². The molecule has 0 radical (unpaired) electrons. The zero-order valence-corrected chi connectivity index (χ0v) is 23.4. The Bertz CT molecular complexity index is 1440. The number of carboxylic acid groups (broad SMARTS) is 1. The third-order valence-corrected chi connectivity index (χ3v) is 6.76. The highest BCUT2D eigenvalue weighted by Gasteiger charge is 2.11. The van der Waals surface area contributed by atoms with Crippen LogP contribution in [-0.2, 0) is 22.5 Å². The molecular weight excluding hydrogens is 502 g/mol. The molecule has 0 unspecified atom stereocenters. The van der Waals surface area contributed by atoms with Crippen LogP contribution in [0.5, 0.6) is 11.5 Å². The summed E-state index contributed by atoms with van der Waals surface area (Å²) in [6, 6.07) is 28.9. The number of ether oxygens (including phenoxy) is 3. The van der Waals surface area contributed by atoms with E-state index in [4.69, 9.17) is 14.2 Å². The third-order valence-electron chi connectivity index (χ3n) is 6.76. The number of benzene rings is 4. The van der Waals surface area contributed by atoms with Crippen LogP contribution >= 0.6 is 0 Å². The molecule has 6 nitrogen and oxygen atoms in total. The number of nitrogens with zero attached hydrogens (tertiary/aromatic N) is 1. The fourth-order valence-corrected chi connectivity index (χ4v) is 4.51. The van der Waals surface area contributed by atoms with Crippen molar-refractivity contribution in [2.45, 2.75) is 32.7 Å². The highest BCUT2D eigenvalue weighted by molar-refractivity contribution is 5.90. The van der Waals surface area contributed by atoms with E-state index in [1.165, 1.54) is 35.1 Å². The van der Waals surface area contributed by atoms with Crippen LogP contribution in [0.1, 0.15) is 36.5 Å². The molecule has 0 spiro atoms. The second-order valence-corrected chi connectivity index (χ2v) is 9.69. The van der Waals surface area contributed by atoms with Gasteiger partial charge in [-0.15, -0.1) is 0 Å². The van der Waals surface area contributed by atoms with Gasteiger partial charge in [0.25, 0.3) is 0 Å². The molecule has 0 amide bonds. The number of methoxy groups -OCH3 is 1. The number of anilines is 1. The first-order valence-electron chi connectivity index (χ1n) is 13.6. The van der Waals surface area contributed by atoms with Gasteiger partial charge in [0, 0.05) is 25.7 Å². The van der Waals surface area contributed by atoms with Crippen LogP contribution in [0.3, 0.4) is 0 Å². The molecule has 0 fully saturated rings. The van der Waals surface area contributed by atoms with Crippen molar-refractivity contribution in [2.24, 2.45) is 0 Å². The van der Waals surface area contributed by atoms with Crippen LogP contribution in [0.2, 0.25) is 0 Å². The van der Waals surface area contributed by atoms with Gasteiger partial charge < -0.3 is 24.2 Å². The van der Waals surface area contributed by atoms with Crippen LogP contribution in [0, 0.1) is 0 Å². The summed E-state index contributed by atoms with van der Waals surface area (Å²) in [6.07, 6.45) is 4.14. The van der Waals surface area contributed by atoms with Gasteiger partial charge in [0.15, 0.2) is 11.5 Å². The van der Waals surface area contributed by atoms with Gasteiger partial charge in [0.05, 0.1) is 20.3 Å². The van der Waals surface area contributed by atoms with Crippen LogP contribution in [0.4, 0.5) is 5.69 Å². The minimum atomic E-state index is -1.12. The Morgan fingerprint density at radius 2 is 1.65 bits per heavy atom. The maximum absolute atomic E-state index is 11.3. The number of hydrogen-bond acceptors (Lipinski definition) is 5. The Labute approximate surface area is 236 Å². The lowest BCUT2D eigenvalue weighted by molar-refractivity contribution is -0.135. The quantitative estimate of drug-likeness (QED) is 0.103. The summed E-state index contributed by atoms with van der Waals surface area (Å²) in [5.41, 5.74) is 4.31. The topological polar surface area (TPSA) is 68.2 Å². The average molecular weight is 540 g/mol. The lowest BCUT2D eigenvalue weighted by Gasteiger charge is -2.21. The zero-order valence-electron chi connectivity index (χ0n) is 23.4. The van der Waals surface area contributed by atoms with Crippen LogP contribution < -0.4 is 14.4 Å². The molecule has 0 atom stereocenters. The van der Waals surface area contributed by atoms with E-state index >= 15 is 0 Å². The summed E-state index contributed by atoms with van der Waals surface area (Å²) in [5.74, 6) is -0.0381. The number of carbonyl (C=O) groups is 1. The van der Waals surface area contributed by atoms with Crippen molar-refractivity contribution in [1.29, 1.82) is 0 Å². The van der Waals surface area contributed by atoms with E-state index in [1.807, 2.05) is 6.07 Å². The molecule has 0 aliphatic heterocycles. The third kappa shape index (κ3) is 7.56. The Balaban J connectivity index is 1.38. The molecular formula is C34H37NO5. The summed E-state index contributed by atoms with van der Waals surface area (Å²) in [6.45, 7) is 3.98. The number of hydrogen-bond donors (Lipinski definition) is 1. The van der Waals surface area contributed by atoms with Crippen molar-refractivity contribution >= 4 is 28.5 Å². The second-order valence-electron chi connectivity index (χ2n) is 9.69. The summed E-state index contributed by atoms with van der Waals surface area (Å²) in [7, 11) is 3.45. The molecule has 0 aliphatic carbocycles. The molecule has 208 valence electrons. The fourth-order valence-electron chi connectivity index (χ4n) is 4.51. The second kappa shape index (κ2) is 14.1. The van der Waals surface area contributed by atoms with E-state index in [2.05, 4.69) is 85.6 Å². The monoisotopic (exact) mass is 539 g/mol. The van der Waals surface area contributed by atoms with E-state index in [-0.39, 0.29) is 5.76 Å². The number of fused-ring (bicyclic) bond motifs is 1. The maximum atomic E-state index is 11.3. The highest BCUT2D eigenvalue weighted by atomic mass is 16.5. The SMILES string of the molecule is CCCCOc1cc(C=C(OC)C(=O)O)ccc1OCCc1ccc(N(C)Cc2cccc3ccccc23)cc1. The molecule has 1 N–H and O–H groups in total. The van der Waals surface area contributed by atoms with Crippen molar-refractivity contribution in [3.8, 4) is 11.5 Å². The van der Waals surface area contributed by atoms with E-state index in [0.717, 1.165) is 31.5 Å². The minimum Gasteiger partial charge on any atom is -0.490 e. The van der Waals surface area contributed by atoms with E-state index < -0.39 is 5.97 Å².